The first-order chi connectivity index (χ1) is 15.3. The zero-order valence-corrected chi connectivity index (χ0v) is 18.6. The monoisotopic (exact) mass is 466 g/mol. The van der Waals surface area contributed by atoms with Crippen molar-refractivity contribution < 1.29 is 22.7 Å². The Kier molecular flexibility index (Phi) is 6.50. The van der Waals surface area contributed by atoms with Gasteiger partial charge in [0.05, 0.1) is 24.3 Å². The van der Waals surface area contributed by atoms with Gasteiger partial charge in [-0.15, -0.1) is 11.8 Å². The number of hydrogen-bond acceptors (Lipinski definition) is 6. The van der Waals surface area contributed by atoms with Gasteiger partial charge < -0.3 is 9.64 Å². The molecular formula is C22H25F3N4O2S. The zero-order chi connectivity index (χ0) is 22.8. The average Bonchev–Trinajstić information content (AvgIpc) is 3.52. The molecule has 4 rings (SSSR count). The molecule has 10 heteroatoms. The number of halogens is 3. The van der Waals surface area contributed by atoms with Gasteiger partial charge in [-0.3, -0.25) is 10.1 Å². The van der Waals surface area contributed by atoms with E-state index < -0.39 is 19.2 Å². The lowest BCUT2D eigenvalue weighted by Gasteiger charge is -2.35. The van der Waals surface area contributed by atoms with Crippen molar-refractivity contribution in [2.45, 2.75) is 43.2 Å². The van der Waals surface area contributed by atoms with E-state index in [4.69, 9.17) is 4.74 Å². The Labute approximate surface area is 188 Å². The highest BCUT2D eigenvalue weighted by atomic mass is 32.2. The first-order valence-electron chi connectivity index (χ1n) is 10.5. The summed E-state index contributed by atoms with van der Waals surface area (Å²) in [6.07, 6.45) is 2.82. The smallest absolute Gasteiger partial charge is 0.392 e. The Morgan fingerprint density at radius 2 is 1.97 bits per heavy atom. The summed E-state index contributed by atoms with van der Waals surface area (Å²) in [5.74, 6) is -0.412. The molecule has 0 atom stereocenters. The average molecular weight is 467 g/mol. The van der Waals surface area contributed by atoms with Crippen LogP contribution in [-0.4, -0.2) is 48.0 Å². The summed E-state index contributed by atoms with van der Waals surface area (Å²) in [4.78, 5) is 24.4. The molecule has 1 aliphatic heterocycles. The Balaban J connectivity index is 1.46. The summed E-state index contributed by atoms with van der Waals surface area (Å²) in [7, 11) is 0. The van der Waals surface area contributed by atoms with Crippen molar-refractivity contribution in [3.8, 4) is 5.88 Å². The SMILES string of the molecule is CSc1ccc(C(=O)Nc2nccc(OCCC(F)(F)F)n2)c(N2CCC3(CC2)CC3)c1. The van der Waals surface area contributed by atoms with Crippen LogP contribution in [0.5, 0.6) is 5.88 Å². The predicted octanol–water partition coefficient (Wildman–Crippen LogP) is 5.16. The summed E-state index contributed by atoms with van der Waals surface area (Å²) in [6.45, 7) is 1.28. The largest absolute Gasteiger partial charge is 0.477 e. The Bertz CT molecular complexity index is 972. The molecule has 1 aromatic carbocycles. The Morgan fingerprint density at radius 3 is 2.62 bits per heavy atom. The van der Waals surface area contributed by atoms with E-state index in [1.165, 1.54) is 25.1 Å². The molecule has 0 unspecified atom stereocenters. The van der Waals surface area contributed by atoms with E-state index in [1.807, 2.05) is 18.4 Å². The molecule has 1 amide bonds. The van der Waals surface area contributed by atoms with Crippen molar-refractivity contribution in [3.63, 3.8) is 0 Å². The van der Waals surface area contributed by atoms with E-state index >= 15 is 0 Å². The second-order valence-corrected chi connectivity index (χ2v) is 9.14. The number of nitrogens with one attached hydrogen (secondary N) is 1. The van der Waals surface area contributed by atoms with Gasteiger partial charge in [0.15, 0.2) is 0 Å². The molecule has 1 N–H and O–H groups in total. The molecule has 1 aliphatic carbocycles. The van der Waals surface area contributed by atoms with E-state index in [-0.39, 0.29) is 17.7 Å². The molecular weight excluding hydrogens is 441 g/mol. The third-order valence-electron chi connectivity index (χ3n) is 6.06. The fourth-order valence-corrected chi connectivity index (χ4v) is 4.35. The van der Waals surface area contributed by atoms with E-state index in [2.05, 4.69) is 20.2 Å². The van der Waals surface area contributed by atoms with E-state index in [9.17, 15) is 18.0 Å². The Hall–Kier alpha value is -2.49. The number of hydrogen-bond donors (Lipinski definition) is 1. The lowest BCUT2D eigenvalue weighted by molar-refractivity contribution is -0.139. The number of piperidine rings is 1. The third kappa shape index (κ3) is 5.65. The third-order valence-corrected chi connectivity index (χ3v) is 6.79. The van der Waals surface area contributed by atoms with E-state index in [0.717, 1.165) is 36.5 Å². The van der Waals surface area contributed by atoms with Gasteiger partial charge in [-0.2, -0.15) is 18.2 Å². The van der Waals surface area contributed by atoms with Crippen LogP contribution in [0, 0.1) is 5.41 Å². The van der Waals surface area contributed by atoms with Crippen LogP contribution in [0.25, 0.3) is 0 Å². The molecule has 0 bridgehead atoms. The highest BCUT2D eigenvalue weighted by molar-refractivity contribution is 7.98. The van der Waals surface area contributed by atoms with E-state index in [1.54, 1.807) is 17.8 Å². The molecule has 6 nitrogen and oxygen atoms in total. The van der Waals surface area contributed by atoms with Crippen molar-refractivity contribution in [2.24, 2.45) is 5.41 Å². The van der Waals surface area contributed by atoms with Gasteiger partial charge in [0, 0.05) is 30.2 Å². The van der Waals surface area contributed by atoms with Crippen LogP contribution in [0.15, 0.2) is 35.4 Å². The van der Waals surface area contributed by atoms with Crippen LogP contribution < -0.4 is 15.0 Å². The maximum Gasteiger partial charge on any atom is 0.392 e. The molecule has 2 aromatic rings. The standard InChI is InChI=1S/C22H25F3N4O2S/c1-32-15-2-3-16(17(14-15)29-11-7-21(5-6-21)8-12-29)19(30)28-20-26-10-4-18(27-20)31-13-9-22(23,24)25/h2-4,10,14H,5-9,11-13H2,1H3,(H,26,27,28,30). The summed E-state index contributed by atoms with van der Waals surface area (Å²) in [5, 5.41) is 2.65. The predicted molar refractivity (Wildman–Crippen MR) is 117 cm³/mol. The molecule has 32 heavy (non-hydrogen) atoms. The van der Waals surface area contributed by atoms with Crippen molar-refractivity contribution >= 4 is 29.3 Å². The highest BCUT2D eigenvalue weighted by Gasteiger charge is 2.44. The zero-order valence-electron chi connectivity index (χ0n) is 17.7. The number of rotatable bonds is 7. The minimum Gasteiger partial charge on any atom is -0.477 e. The minimum absolute atomic E-state index is 0.0185. The number of nitrogens with zero attached hydrogens (tertiary/aromatic N) is 3. The number of anilines is 2. The number of benzene rings is 1. The second kappa shape index (κ2) is 9.17. The first-order valence-corrected chi connectivity index (χ1v) is 11.8. The minimum atomic E-state index is -4.31. The van der Waals surface area contributed by atoms with Gasteiger partial charge >= 0.3 is 6.18 Å². The first kappa shape index (κ1) is 22.7. The lowest BCUT2D eigenvalue weighted by atomic mass is 9.93. The topological polar surface area (TPSA) is 67.3 Å². The van der Waals surface area contributed by atoms with Crippen LogP contribution in [0.1, 0.15) is 42.5 Å². The molecule has 2 fully saturated rings. The van der Waals surface area contributed by atoms with Gasteiger partial charge in [0.1, 0.15) is 0 Å². The van der Waals surface area contributed by atoms with Crippen molar-refractivity contribution in [1.29, 1.82) is 0 Å². The fourth-order valence-electron chi connectivity index (χ4n) is 3.91. The molecule has 2 aliphatic rings. The maximum absolute atomic E-state index is 13.1. The summed E-state index contributed by atoms with van der Waals surface area (Å²) in [6, 6.07) is 7.07. The molecule has 1 spiro atoms. The maximum atomic E-state index is 13.1. The number of alkyl halides is 3. The quantitative estimate of drug-likeness (QED) is 0.569. The van der Waals surface area contributed by atoms with Crippen LogP contribution in [0.4, 0.5) is 24.8 Å². The fraction of sp³-hybridized carbons (Fsp3) is 0.500. The normalized spacial score (nSPS) is 17.3. The van der Waals surface area contributed by atoms with Crippen LogP contribution >= 0.6 is 11.8 Å². The van der Waals surface area contributed by atoms with Gasteiger partial charge in [-0.05, 0) is 55.6 Å². The number of carbonyl (C=O) groups excluding carboxylic acids is 1. The van der Waals surface area contributed by atoms with Gasteiger partial charge in [0.25, 0.3) is 5.91 Å². The molecule has 0 radical (unpaired) electrons. The van der Waals surface area contributed by atoms with E-state index in [0.29, 0.717) is 11.0 Å². The van der Waals surface area contributed by atoms with Crippen molar-refractivity contribution in [1.82, 2.24) is 9.97 Å². The van der Waals surface area contributed by atoms with Crippen molar-refractivity contribution in [2.75, 3.05) is 36.2 Å². The second-order valence-electron chi connectivity index (χ2n) is 8.26. The van der Waals surface area contributed by atoms with Crippen LogP contribution in [0.2, 0.25) is 0 Å². The summed E-state index contributed by atoms with van der Waals surface area (Å²) >= 11 is 1.62. The van der Waals surface area contributed by atoms with Crippen LogP contribution in [0.3, 0.4) is 0 Å². The van der Waals surface area contributed by atoms with Gasteiger partial charge in [0.2, 0.25) is 11.8 Å². The molecule has 172 valence electrons. The number of thioether (sulfide) groups is 1. The number of carbonyl (C=O) groups is 1. The summed E-state index contributed by atoms with van der Waals surface area (Å²) < 4.78 is 42.0. The Morgan fingerprint density at radius 1 is 1.22 bits per heavy atom. The molecule has 1 aromatic heterocycles. The highest BCUT2D eigenvalue weighted by Crippen LogP contribution is 2.54. The van der Waals surface area contributed by atoms with Gasteiger partial charge in [-0.25, -0.2) is 4.98 Å². The van der Waals surface area contributed by atoms with Gasteiger partial charge in [-0.1, -0.05) is 0 Å². The molecule has 1 saturated heterocycles. The number of aromatic nitrogens is 2. The number of ether oxygens (including phenoxy) is 1. The summed E-state index contributed by atoms with van der Waals surface area (Å²) in [5.41, 5.74) is 1.92. The molecule has 1 saturated carbocycles. The van der Waals surface area contributed by atoms with Crippen molar-refractivity contribution in [3.05, 3.63) is 36.0 Å². The molecule has 2 heterocycles. The lowest BCUT2D eigenvalue weighted by Crippen LogP contribution is -2.35. The number of amides is 1. The van der Waals surface area contributed by atoms with Crippen LogP contribution in [-0.2, 0) is 0 Å².